The van der Waals surface area contributed by atoms with Crippen molar-refractivity contribution in [1.82, 2.24) is 15.0 Å². The molecular weight excluding hydrogens is 304 g/mol. The van der Waals surface area contributed by atoms with Crippen LogP contribution in [0.4, 0.5) is 5.82 Å². The van der Waals surface area contributed by atoms with Crippen molar-refractivity contribution < 1.29 is 0 Å². The Morgan fingerprint density at radius 3 is 2.96 bits per heavy atom. The summed E-state index contributed by atoms with van der Waals surface area (Å²) in [7, 11) is 0. The van der Waals surface area contributed by atoms with Crippen LogP contribution in [0.15, 0.2) is 53.8 Å². The molecule has 23 heavy (non-hydrogen) atoms. The lowest BCUT2D eigenvalue weighted by atomic mass is 10.1. The second kappa shape index (κ2) is 7.33. The number of thioether (sulfide) groups is 1. The first-order valence-corrected chi connectivity index (χ1v) is 8.81. The molecular formula is C18H20N4S. The molecule has 0 fully saturated rings. The number of allylic oxidation sites excluding steroid dienone is 1. The van der Waals surface area contributed by atoms with Gasteiger partial charge in [0.25, 0.3) is 0 Å². The number of pyridine rings is 2. The van der Waals surface area contributed by atoms with Gasteiger partial charge in [0.2, 0.25) is 0 Å². The van der Waals surface area contributed by atoms with Gasteiger partial charge < -0.3 is 10.3 Å². The quantitative estimate of drug-likeness (QED) is 0.712. The molecule has 3 aromatic rings. The fourth-order valence-corrected chi connectivity index (χ4v) is 2.93. The van der Waals surface area contributed by atoms with E-state index in [9.17, 15) is 0 Å². The second-order valence-electron chi connectivity index (χ2n) is 5.25. The summed E-state index contributed by atoms with van der Waals surface area (Å²) in [4.78, 5) is 13.4. The van der Waals surface area contributed by atoms with E-state index in [1.807, 2.05) is 24.5 Å². The van der Waals surface area contributed by atoms with Gasteiger partial charge in [0, 0.05) is 36.9 Å². The van der Waals surface area contributed by atoms with Crippen molar-refractivity contribution in [2.45, 2.75) is 13.3 Å². The third kappa shape index (κ3) is 3.74. The molecule has 0 unspecified atom stereocenters. The molecule has 0 saturated heterocycles. The first kappa shape index (κ1) is 15.6. The minimum absolute atomic E-state index is 0.818. The summed E-state index contributed by atoms with van der Waals surface area (Å²) in [6.07, 6.45) is 10.8. The molecule has 3 aromatic heterocycles. The lowest BCUT2D eigenvalue weighted by molar-refractivity contribution is 1.14. The summed E-state index contributed by atoms with van der Waals surface area (Å²) in [6.45, 7) is 2.87. The van der Waals surface area contributed by atoms with Gasteiger partial charge in [-0.15, -0.1) is 11.8 Å². The molecule has 0 bridgehead atoms. The van der Waals surface area contributed by atoms with Crippen LogP contribution in [0.3, 0.4) is 0 Å². The Balaban J connectivity index is 1.68. The SMILES string of the molecule is C/C=C(/CNc1ccc(Cc2c[nH]c3ncccc23)cn1)SC. The molecule has 0 amide bonds. The highest BCUT2D eigenvalue weighted by molar-refractivity contribution is 8.02. The van der Waals surface area contributed by atoms with Gasteiger partial charge in [-0.05, 0) is 47.4 Å². The highest BCUT2D eigenvalue weighted by atomic mass is 32.2. The predicted octanol–water partition coefficient (Wildman–Crippen LogP) is 4.23. The first-order chi connectivity index (χ1) is 11.3. The van der Waals surface area contributed by atoms with Gasteiger partial charge in [0.15, 0.2) is 0 Å². The van der Waals surface area contributed by atoms with Gasteiger partial charge in [-0.25, -0.2) is 9.97 Å². The van der Waals surface area contributed by atoms with E-state index < -0.39 is 0 Å². The number of rotatable bonds is 6. The van der Waals surface area contributed by atoms with Crippen LogP contribution in [0, 0.1) is 0 Å². The highest BCUT2D eigenvalue weighted by Crippen LogP contribution is 2.19. The average molecular weight is 324 g/mol. The van der Waals surface area contributed by atoms with Crippen LogP contribution in [-0.2, 0) is 6.42 Å². The van der Waals surface area contributed by atoms with E-state index in [-0.39, 0.29) is 0 Å². The van der Waals surface area contributed by atoms with Gasteiger partial charge >= 0.3 is 0 Å². The number of hydrogen-bond acceptors (Lipinski definition) is 4. The van der Waals surface area contributed by atoms with Crippen molar-refractivity contribution >= 4 is 28.6 Å². The second-order valence-corrected chi connectivity index (χ2v) is 6.19. The summed E-state index contributed by atoms with van der Waals surface area (Å²) >= 11 is 1.76. The maximum Gasteiger partial charge on any atom is 0.137 e. The molecule has 0 spiro atoms. The molecule has 0 aromatic carbocycles. The van der Waals surface area contributed by atoms with Crippen LogP contribution in [0.5, 0.6) is 0 Å². The van der Waals surface area contributed by atoms with Crippen molar-refractivity contribution in [3.05, 3.63) is 65.0 Å². The monoisotopic (exact) mass is 324 g/mol. The Kier molecular flexibility index (Phi) is 4.98. The van der Waals surface area contributed by atoms with Crippen LogP contribution in [0.25, 0.3) is 11.0 Å². The molecule has 5 heteroatoms. The minimum Gasteiger partial charge on any atom is -0.365 e. The van der Waals surface area contributed by atoms with Crippen molar-refractivity contribution in [2.24, 2.45) is 0 Å². The van der Waals surface area contributed by atoms with Gasteiger partial charge in [0.05, 0.1) is 0 Å². The fraction of sp³-hybridized carbons (Fsp3) is 0.222. The van der Waals surface area contributed by atoms with Crippen molar-refractivity contribution in [3.8, 4) is 0 Å². The number of nitrogens with zero attached hydrogens (tertiary/aromatic N) is 2. The van der Waals surface area contributed by atoms with Crippen molar-refractivity contribution in [1.29, 1.82) is 0 Å². The van der Waals surface area contributed by atoms with Crippen LogP contribution >= 0.6 is 11.8 Å². The zero-order valence-corrected chi connectivity index (χ0v) is 14.2. The summed E-state index contributed by atoms with van der Waals surface area (Å²) < 4.78 is 0. The Morgan fingerprint density at radius 1 is 1.30 bits per heavy atom. The number of aromatic amines is 1. The zero-order valence-electron chi connectivity index (χ0n) is 13.3. The summed E-state index contributed by atoms with van der Waals surface area (Å²) in [5, 5.41) is 4.52. The molecule has 3 heterocycles. The maximum absolute atomic E-state index is 4.51. The Labute approximate surface area is 140 Å². The van der Waals surface area contributed by atoms with Crippen molar-refractivity contribution in [3.63, 3.8) is 0 Å². The van der Waals surface area contributed by atoms with E-state index in [0.29, 0.717) is 0 Å². The molecule has 0 aliphatic heterocycles. The number of nitrogens with one attached hydrogen (secondary N) is 2. The summed E-state index contributed by atoms with van der Waals surface area (Å²) in [5.74, 6) is 0.905. The van der Waals surface area contributed by atoms with Crippen LogP contribution < -0.4 is 5.32 Å². The number of H-pyrrole nitrogens is 1. The summed E-state index contributed by atoms with van der Waals surface area (Å²) in [6, 6.07) is 8.23. The third-order valence-electron chi connectivity index (χ3n) is 3.78. The largest absolute Gasteiger partial charge is 0.365 e. The number of fused-ring (bicyclic) bond motifs is 1. The molecule has 0 radical (unpaired) electrons. The summed E-state index contributed by atoms with van der Waals surface area (Å²) in [5.41, 5.74) is 3.37. The zero-order chi connectivity index (χ0) is 16.1. The van der Waals surface area contributed by atoms with E-state index in [1.54, 1.807) is 18.0 Å². The van der Waals surface area contributed by atoms with Crippen LogP contribution in [-0.4, -0.2) is 27.8 Å². The molecule has 3 rings (SSSR count). The Morgan fingerprint density at radius 2 is 2.22 bits per heavy atom. The van der Waals surface area contributed by atoms with E-state index >= 15 is 0 Å². The molecule has 0 atom stereocenters. The molecule has 118 valence electrons. The lowest BCUT2D eigenvalue weighted by Gasteiger charge is -2.08. The van der Waals surface area contributed by atoms with E-state index in [4.69, 9.17) is 0 Å². The topological polar surface area (TPSA) is 53.6 Å². The molecule has 2 N–H and O–H groups in total. The van der Waals surface area contributed by atoms with E-state index in [2.05, 4.69) is 51.7 Å². The number of anilines is 1. The van der Waals surface area contributed by atoms with E-state index in [1.165, 1.54) is 21.4 Å². The molecule has 0 aliphatic carbocycles. The van der Waals surface area contributed by atoms with Gasteiger partial charge in [0.1, 0.15) is 11.5 Å². The first-order valence-electron chi connectivity index (χ1n) is 7.59. The number of aromatic nitrogens is 3. The minimum atomic E-state index is 0.818. The fourth-order valence-electron chi connectivity index (χ4n) is 2.48. The third-order valence-corrected chi connectivity index (χ3v) is 4.69. The maximum atomic E-state index is 4.51. The Hall–Kier alpha value is -2.27. The van der Waals surface area contributed by atoms with Crippen LogP contribution in [0.1, 0.15) is 18.1 Å². The lowest BCUT2D eigenvalue weighted by Crippen LogP contribution is -2.04. The highest BCUT2D eigenvalue weighted by Gasteiger charge is 2.05. The Bertz CT molecular complexity index is 805. The van der Waals surface area contributed by atoms with Gasteiger partial charge in [-0.1, -0.05) is 12.1 Å². The predicted molar refractivity (Wildman–Crippen MR) is 98.9 cm³/mol. The van der Waals surface area contributed by atoms with Crippen molar-refractivity contribution in [2.75, 3.05) is 18.1 Å². The smallest absolute Gasteiger partial charge is 0.137 e. The molecule has 0 saturated carbocycles. The standard InChI is InChI=1S/C18H20N4S/c1-3-15(23-2)12-21-17-7-6-13(10-20-17)9-14-11-22-18-16(14)5-4-8-19-18/h3-8,10-11H,9,12H2,1-2H3,(H,19,22)(H,20,21)/b15-3-. The van der Waals surface area contributed by atoms with Gasteiger partial charge in [-0.2, -0.15) is 0 Å². The van der Waals surface area contributed by atoms with Crippen LogP contribution in [0.2, 0.25) is 0 Å². The number of hydrogen-bond donors (Lipinski definition) is 2. The molecule has 4 nitrogen and oxygen atoms in total. The van der Waals surface area contributed by atoms with E-state index in [0.717, 1.165) is 24.4 Å². The van der Waals surface area contributed by atoms with Gasteiger partial charge in [-0.3, -0.25) is 0 Å². The molecule has 0 aliphatic rings. The normalized spacial score (nSPS) is 11.8. The average Bonchev–Trinajstić information content (AvgIpc) is 3.00.